The van der Waals surface area contributed by atoms with Gasteiger partial charge in [-0.2, -0.15) is 0 Å². The Kier molecular flexibility index (Phi) is 10.9. The minimum Gasteiger partial charge on any atom is -0.444 e. The highest BCUT2D eigenvalue weighted by molar-refractivity contribution is 14.0. The molecule has 0 spiro atoms. The van der Waals surface area contributed by atoms with E-state index < -0.39 is 17.3 Å². The standard InChI is InChI=1S/C18H35N5O4.HI/c1-17(2,3)26-15(24)21-10-8-9-20-14(19-7)22-13-11-23(12-13)16(25)27-18(4,5)6;/h13H,8-12H2,1-7H3,(H,21,24)(H2,19,20,22);1H. The smallest absolute Gasteiger partial charge is 0.410 e. The molecule has 28 heavy (non-hydrogen) atoms. The number of nitrogens with zero attached hydrogens (tertiary/aromatic N) is 2. The first-order valence-corrected chi connectivity index (χ1v) is 9.31. The van der Waals surface area contributed by atoms with E-state index >= 15 is 0 Å². The number of rotatable bonds is 5. The van der Waals surface area contributed by atoms with Crippen LogP contribution in [0.25, 0.3) is 0 Å². The van der Waals surface area contributed by atoms with Crippen molar-refractivity contribution in [1.29, 1.82) is 0 Å². The summed E-state index contributed by atoms with van der Waals surface area (Å²) in [6.07, 6.45) is 0.0210. The molecule has 164 valence electrons. The van der Waals surface area contributed by atoms with Crippen molar-refractivity contribution in [2.24, 2.45) is 4.99 Å². The van der Waals surface area contributed by atoms with Crippen LogP contribution in [0, 0.1) is 0 Å². The maximum Gasteiger partial charge on any atom is 0.410 e. The summed E-state index contributed by atoms with van der Waals surface area (Å²) >= 11 is 0. The van der Waals surface area contributed by atoms with Crippen molar-refractivity contribution >= 4 is 42.1 Å². The van der Waals surface area contributed by atoms with Crippen LogP contribution in [0.15, 0.2) is 4.99 Å². The van der Waals surface area contributed by atoms with E-state index in [2.05, 4.69) is 20.9 Å². The molecule has 0 saturated carbocycles. The van der Waals surface area contributed by atoms with Gasteiger partial charge in [0.25, 0.3) is 0 Å². The van der Waals surface area contributed by atoms with Gasteiger partial charge in [0.05, 0.1) is 6.04 Å². The van der Waals surface area contributed by atoms with Crippen LogP contribution in [0.1, 0.15) is 48.0 Å². The molecule has 0 aromatic carbocycles. The van der Waals surface area contributed by atoms with Crippen LogP contribution in [0.5, 0.6) is 0 Å². The van der Waals surface area contributed by atoms with Crippen LogP contribution in [0.4, 0.5) is 9.59 Å². The van der Waals surface area contributed by atoms with Crippen LogP contribution in [0.2, 0.25) is 0 Å². The van der Waals surface area contributed by atoms with Crippen molar-refractivity contribution in [2.45, 2.75) is 65.2 Å². The molecule has 0 radical (unpaired) electrons. The van der Waals surface area contributed by atoms with Crippen LogP contribution < -0.4 is 16.0 Å². The number of hydrogen-bond acceptors (Lipinski definition) is 5. The van der Waals surface area contributed by atoms with Crippen LogP contribution >= 0.6 is 24.0 Å². The summed E-state index contributed by atoms with van der Waals surface area (Å²) in [4.78, 5) is 29.3. The summed E-state index contributed by atoms with van der Waals surface area (Å²) in [5.74, 6) is 0.668. The van der Waals surface area contributed by atoms with Crippen LogP contribution in [-0.4, -0.2) is 73.5 Å². The first-order chi connectivity index (χ1) is 12.4. The summed E-state index contributed by atoms with van der Waals surface area (Å²) in [5.41, 5.74) is -0.981. The second-order valence-corrected chi connectivity index (χ2v) is 8.51. The van der Waals surface area contributed by atoms with Crippen molar-refractivity contribution in [3.05, 3.63) is 0 Å². The van der Waals surface area contributed by atoms with E-state index in [1.54, 1.807) is 11.9 Å². The molecule has 1 saturated heterocycles. The molecule has 3 N–H and O–H groups in total. The highest BCUT2D eigenvalue weighted by Gasteiger charge is 2.34. The Labute approximate surface area is 185 Å². The third-order valence-electron chi connectivity index (χ3n) is 3.41. The Morgan fingerprint density at radius 2 is 1.54 bits per heavy atom. The van der Waals surface area contributed by atoms with E-state index in [4.69, 9.17) is 9.47 Å². The molecule has 0 aromatic rings. The molecule has 1 heterocycles. The summed E-state index contributed by atoms with van der Waals surface area (Å²) < 4.78 is 10.5. The summed E-state index contributed by atoms with van der Waals surface area (Å²) in [7, 11) is 1.69. The Morgan fingerprint density at radius 1 is 1.00 bits per heavy atom. The van der Waals surface area contributed by atoms with Crippen LogP contribution in [0.3, 0.4) is 0 Å². The second kappa shape index (κ2) is 11.5. The molecule has 0 aliphatic carbocycles. The molecule has 9 nitrogen and oxygen atoms in total. The highest BCUT2D eigenvalue weighted by Crippen LogP contribution is 2.15. The van der Waals surface area contributed by atoms with Crippen molar-refractivity contribution in [3.63, 3.8) is 0 Å². The largest absolute Gasteiger partial charge is 0.444 e. The Balaban J connectivity index is 0.00000729. The molecular weight excluding hydrogens is 477 g/mol. The number of alkyl carbamates (subject to hydrolysis) is 1. The van der Waals surface area contributed by atoms with Crippen molar-refractivity contribution in [1.82, 2.24) is 20.9 Å². The van der Waals surface area contributed by atoms with Crippen molar-refractivity contribution < 1.29 is 19.1 Å². The zero-order valence-electron chi connectivity index (χ0n) is 18.0. The fraction of sp³-hybridized carbons (Fsp3) is 0.833. The molecular formula is C18H36IN5O4. The minimum atomic E-state index is -0.496. The van der Waals surface area contributed by atoms with Gasteiger partial charge in [0.2, 0.25) is 0 Å². The molecule has 1 rings (SSSR count). The number of aliphatic imine (C=N–C) groups is 1. The van der Waals surface area contributed by atoms with E-state index in [9.17, 15) is 9.59 Å². The monoisotopic (exact) mass is 513 g/mol. The van der Waals surface area contributed by atoms with E-state index in [-0.39, 0.29) is 36.1 Å². The number of hydrogen-bond donors (Lipinski definition) is 3. The number of amides is 2. The molecule has 0 bridgehead atoms. The van der Waals surface area contributed by atoms with Gasteiger partial charge in [-0.1, -0.05) is 0 Å². The highest BCUT2D eigenvalue weighted by atomic mass is 127. The van der Waals surface area contributed by atoms with Gasteiger partial charge in [0.15, 0.2) is 5.96 Å². The molecule has 1 aliphatic heterocycles. The quantitative estimate of drug-likeness (QED) is 0.226. The van der Waals surface area contributed by atoms with E-state index in [1.165, 1.54) is 0 Å². The predicted molar refractivity (Wildman–Crippen MR) is 120 cm³/mol. The maximum absolute atomic E-state index is 11.9. The number of carbonyl (C=O) groups excluding carboxylic acids is 2. The number of ether oxygens (including phenoxy) is 2. The topological polar surface area (TPSA) is 104 Å². The van der Waals surface area contributed by atoms with Gasteiger partial charge in [-0.05, 0) is 48.0 Å². The first-order valence-electron chi connectivity index (χ1n) is 9.31. The SMILES string of the molecule is CN=C(NCCCNC(=O)OC(C)(C)C)NC1CN(C(=O)OC(C)(C)C)C1.I. The summed E-state index contributed by atoms with van der Waals surface area (Å²) in [6.45, 7) is 13.4. The molecule has 2 amide bonds. The molecule has 0 aromatic heterocycles. The minimum absolute atomic E-state index is 0. The van der Waals surface area contributed by atoms with Gasteiger partial charge in [0.1, 0.15) is 11.2 Å². The number of nitrogens with one attached hydrogen (secondary N) is 3. The normalized spacial score (nSPS) is 15.1. The zero-order valence-corrected chi connectivity index (χ0v) is 20.4. The lowest BCUT2D eigenvalue weighted by Crippen LogP contribution is -2.63. The first kappa shape index (κ1) is 26.5. The maximum atomic E-state index is 11.9. The van der Waals surface area contributed by atoms with E-state index in [1.807, 2.05) is 41.5 Å². The molecule has 1 aliphatic rings. The lowest BCUT2D eigenvalue weighted by Gasteiger charge is -2.40. The third-order valence-corrected chi connectivity index (χ3v) is 3.41. The number of guanidine groups is 1. The Bertz CT molecular complexity index is 537. The number of halogens is 1. The summed E-state index contributed by atoms with van der Waals surface area (Å²) in [6, 6.07) is 0.142. The molecule has 0 unspecified atom stereocenters. The van der Waals surface area contributed by atoms with Gasteiger partial charge in [-0.3, -0.25) is 4.99 Å². The van der Waals surface area contributed by atoms with Gasteiger partial charge in [-0.15, -0.1) is 24.0 Å². The predicted octanol–water partition coefficient (Wildman–Crippen LogP) is 2.30. The average molecular weight is 513 g/mol. The number of likely N-dealkylation sites (tertiary alicyclic amines) is 1. The summed E-state index contributed by atoms with van der Waals surface area (Å²) in [5, 5.41) is 9.16. The molecule has 1 fully saturated rings. The molecule has 0 atom stereocenters. The zero-order chi connectivity index (χ0) is 20.7. The van der Waals surface area contributed by atoms with E-state index in [0.29, 0.717) is 32.1 Å². The van der Waals surface area contributed by atoms with Crippen molar-refractivity contribution in [2.75, 3.05) is 33.2 Å². The van der Waals surface area contributed by atoms with E-state index in [0.717, 1.165) is 6.42 Å². The Morgan fingerprint density at radius 3 is 2.04 bits per heavy atom. The van der Waals surface area contributed by atoms with Gasteiger partial charge < -0.3 is 30.3 Å². The number of carbonyl (C=O) groups is 2. The lowest BCUT2D eigenvalue weighted by molar-refractivity contribution is 0.00698. The van der Waals surface area contributed by atoms with Crippen LogP contribution in [-0.2, 0) is 9.47 Å². The average Bonchev–Trinajstić information content (AvgIpc) is 2.43. The van der Waals surface area contributed by atoms with Crippen molar-refractivity contribution in [3.8, 4) is 0 Å². The van der Waals surface area contributed by atoms with Gasteiger partial charge >= 0.3 is 12.2 Å². The Hall–Kier alpha value is -1.46. The fourth-order valence-corrected chi connectivity index (χ4v) is 2.23. The van der Waals surface area contributed by atoms with Gasteiger partial charge in [-0.25, -0.2) is 9.59 Å². The molecule has 10 heteroatoms. The van der Waals surface area contributed by atoms with Gasteiger partial charge in [0, 0.05) is 33.2 Å². The lowest BCUT2D eigenvalue weighted by atomic mass is 10.1. The third kappa shape index (κ3) is 11.4. The fourth-order valence-electron chi connectivity index (χ4n) is 2.23. The second-order valence-electron chi connectivity index (χ2n) is 8.51.